The second-order valence-corrected chi connectivity index (χ2v) is 7.38. The number of amides is 1. The number of nitrogens with one attached hydrogen (secondary N) is 2. The molecule has 2 aromatic rings. The minimum Gasteiger partial charge on any atom is -0.496 e. The zero-order chi connectivity index (χ0) is 20.1. The number of ether oxygens (including phenoxy) is 1. The highest BCUT2D eigenvalue weighted by Crippen LogP contribution is 2.25. The predicted octanol–water partition coefficient (Wildman–Crippen LogP) is 3.60. The summed E-state index contributed by atoms with van der Waals surface area (Å²) in [5, 5.41) is 0. The Morgan fingerprint density at radius 2 is 2.07 bits per heavy atom. The number of carbonyl (C=O) groups is 1. The molecular weight excluding hydrogens is 357 g/mol. The lowest BCUT2D eigenvalue weighted by Crippen LogP contribution is -2.32. The quantitative estimate of drug-likeness (QED) is 0.765. The number of aryl methyl sites for hydroxylation is 1. The highest BCUT2D eigenvalue weighted by atomic mass is 19.1. The Bertz CT molecular complexity index is 827. The molecule has 0 saturated carbocycles. The highest BCUT2D eigenvalue weighted by Gasteiger charge is 2.25. The molecule has 0 aliphatic carbocycles. The highest BCUT2D eigenvalue weighted by molar-refractivity contribution is 5.94. The third-order valence-electron chi connectivity index (χ3n) is 5.28. The van der Waals surface area contributed by atoms with E-state index in [1.54, 1.807) is 30.2 Å². The van der Waals surface area contributed by atoms with Crippen LogP contribution < -0.4 is 15.6 Å². The number of hydrogen-bond donors (Lipinski definition) is 2. The SMILES string of the molecule is COc1cc(C(=O)N(C)CCCC2CC(c3cccc(F)c3)NN2)ccc1C. The maximum Gasteiger partial charge on any atom is 0.253 e. The molecule has 150 valence electrons. The van der Waals surface area contributed by atoms with E-state index in [2.05, 4.69) is 10.9 Å². The fraction of sp³-hybridized carbons (Fsp3) is 0.409. The summed E-state index contributed by atoms with van der Waals surface area (Å²) in [5.41, 5.74) is 9.13. The maximum absolute atomic E-state index is 13.4. The van der Waals surface area contributed by atoms with Crippen molar-refractivity contribution in [1.82, 2.24) is 15.8 Å². The summed E-state index contributed by atoms with van der Waals surface area (Å²) in [5.74, 6) is 0.507. The molecule has 2 N–H and O–H groups in total. The molecule has 0 aromatic heterocycles. The van der Waals surface area contributed by atoms with Crippen LogP contribution in [0.1, 0.15) is 46.8 Å². The van der Waals surface area contributed by atoms with E-state index in [9.17, 15) is 9.18 Å². The molecule has 1 heterocycles. The Balaban J connectivity index is 1.46. The van der Waals surface area contributed by atoms with Crippen molar-refractivity contribution < 1.29 is 13.9 Å². The molecule has 0 bridgehead atoms. The Morgan fingerprint density at radius 1 is 1.25 bits per heavy atom. The molecule has 1 fully saturated rings. The van der Waals surface area contributed by atoms with Gasteiger partial charge in [0.25, 0.3) is 5.91 Å². The van der Waals surface area contributed by atoms with Crippen LogP contribution in [0, 0.1) is 12.7 Å². The Labute approximate surface area is 165 Å². The fourth-order valence-corrected chi connectivity index (χ4v) is 3.60. The summed E-state index contributed by atoms with van der Waals surface area (Å²) in [6, 6.07) is 12.7. The summed E-state index contributed by atoms with van der Waals surface area (Å²) >= 11 is 0. The largest absolute Gasteiger partial charge is 0.496 e. The monoisotopic (exact) mass is 385 g/mol. The first-order chi connectivity index (χ1) is 13.5. The first-order valence-electron chi connectivity index (χ1n) is 9.64. The van der Waals surface area contributed by atoms with Gasteiger partial charge in [-0.1, -0.05) is 18.2 Å². The molecule has 2 aromatic carbocycles. The first kappa shape index (κ1) is 20.3. The van der Waals surface area contributed by atoms with E-state index in [0.29, 0.717) is 18.2 Å². The lowest BCUT2D eigenvalue weighted by Gasteiger charge is -2.19. The van der Waals surface area contributed by atoms with Crippen LogP contribution in [0.4, 0.5) is 4.39 Å². The smallest absolute Gasteiger partial charge is 0.253 e. The third-order valence-corrected chi connectivity index (χ3v) is 5.28. The topological polar surface area (TPSA) is 53.6 Å². The summed E-state index contributed by atoms with van der Waals surface area (Å²) in [4.78, 5) is 14.4. The fourth-order valence-electron chi connectivity index (χ4n) is 3.60. The Hall–Kier alpha value is -2.44. The zero-order valence-electron chi connectivity index (χ0n) is 16.7. The third kappa shape index (κ3) is 4.88. The van der Waals surface area contributed by atoms with Crippen LogP contribution in [0.15, 0.2) is 42.5 Å². The maximum atomic E-state index is 13.4. The van der Waals surface area contributed by atoms with Gasteiger partial charge in [-0.3, -0.25) is 15.6 Å². The number of hydrazine groups is 1. The molecule has 5 nitrogen and oxygen atoms in total. The van der Waals surface area contributed by atoms with E-state index in [1.807, 2.05) is 32.2 Å². The van der Waals surface area contributed by atoms with Crippen molar-refractivity contribution in [3.05, 3.63) is 65.0 Å². The van der Waals surface area contributed by atoms with Gasteiger partial charge in [-0.15, -0.1) is 0 Å². The van der Waals surface area contributed by atoms with Crippen molar-refractivity contribution in [2.24, 2.45) is 0 Å². The van der Waals surface area contributed by atoms with Gasteiger partial charge in [0.15, 0.2) is 0 Å². The van der Waals surface area contributed by atoms with Gasteiger partial charge in [-0.2, -0.15) is 0 Å². The summed E-state index contributed by atoms with van der Waals surface area (Å²) in [6.07, 6.45) is 2.73. The van der Waals surface area contributed by atoms with Gasteiger partial charge in [0.05, 0.1) is 7.11 Å². The average molecular weight is 385 g/mol. The van der Waals surface area contributed by atoms with Crippen molar-refractivity contribution in [1.29, 1.82) is 0 Å². The second kappa shape index (κ2) is 9.17. The number of halogens is 1. The van der Waals surface area contributed by atoms with Crippen LogP contribution in [-0.2, 0) is 0 Å². The van der Waals surface area contributed by atoms with Gasteiger partial charge in [-0.05, 0) is 61.6 Å². The van der Waals surface area contributed by atoms with E-state index >= 15 is 0 Å². The number of rotatable bonds is 7. The van der Waals surface area contributed by atoms with Gasteiger partial charge in [0.1, 0.15) is 11.6 Å². The van der Waals surface area contributed by atoms with Crippen molar-refractivity contribution in [2.75, 3.05) is 20.7 Å². The summed E-state index contributed by atoms with van der Waals surface area (Å²) in [7, 11) is 3.44. The molecule has 1 saturated heterocycles. The second-order valence-electron chi connectivity index (χ2n) is 7.38. The van der Waals surface area contributed by atoms with Crippen LogP contribution in [0.3, 0.4) is 0 Å². The van der Waals surface area contributed by atoms with Crippen LogP contribution in [-0.4, -0.2) is 37.6 Å². The summed E-state index contributed by atoms with van der Waals surface area (Å²) in [6.45, 7) is 2.63. The van der Waals surface area contributed by atoms with E-state index in [4.69, 9.17) is 4.74 Å². The minimum absolute atomic E-state index is 0.00607. The van der Waals surface area contributed by atoms with Crippen LogP contribution >= 0.6 is 0 Å². The van der Waals surface area contributed by atoms with Gasteiger partial charge in [0, 0.05) is 31.2 Å². The van der Waals surface area contributed by atoms with Gasteiger partial charge in [-0.25, -0.2) is 4.39 Å². The number of hydrogen-bond acceptors (Lipinski definition) is 4. The zero-order valence-corrected chi connectivity index (χ0v) is 16.7. The van der Waals surface area contributed by atoms with Gasteiger partial charge < -0.3 is 9.64 Å². The van der Waals surface area contributed by atoms with Crippen molar-refractivity contribution in [2.45, 2.75) is 38.3 Å². The van der Waals surface area contributed by atoms with Crippen LogP contribution in [0.25, 0.3) is 0 Å². The molecule has 1 aliphatic heterocycles. The summed E-state index contributed by atoms with van der Waals surface area (Å²) < 4.78 is 18.7. The van der Waals surface area contributed by atoms with Gasteiger partial charge in [0.2, 0.25) is 0 Å². The molecule has 2 unspecified atom stereocenters. The minimum atomic E-state index is -0.212. The molecule has 3 rings (SSSR count). The standard InChI is InChI=1S/C22H28FN3O2/c1-15-9-10-17(13-21(15)28-3)22(27)26(2)11-5-8-19-14-20(25-24-19)16-6-4-7-18(23)12-16/h4,6-7,9-10,12-13,19-20,24-25H,5,8,11,14H2,1-3H3. The van der Waals surface area contributed by atoms with E-state index in [0.717, 1.165) is 36.1 Å². The number of carbonyl (C=O) groups excluding carboxylic acids is 1. The van der Waals surface area contributed by atoms with Crippen molar-refractivity contribution in [3.8, 4) is 5.75 Å². The predicted molar refractivity (Wildman–Crippen MR) is 108 cm³/mol. The van der Waals surface area contributed by atoms with Crippen molar-refractivity contribution >= 4 is 5.91 Å². The number of methoxy groups -OCH3 is 1. The lowest BCUT2D eigenvalue weighted by atomic mass is 9.99. The molecule has 0 radical (unpaired) electrons. The van der Waals surface area contributed by atoms with E-state index in [1.165, 1.54) is 6.07 Å². The van der Waals surface area contributed by atoms with Crippen LogP contribution in [0.2, 0.25) is 0 Å². The molecule has 0 spiro atoms. The normalized spacial score (nSPS) is 18.9. The molecule has 1 aliphatic rings. The molecule has 6 heteroatoms. The first-order valence-corrected chi connectivity index (χ1v) is 9.64. The van der Waals surface area contributed by atoms with Crippen LogP contribution in [0.5, 0.6) is 5.75 Å². The van der Waals surface area contributed by atoms with Crippen molar-refractivity contribution in [3.63, 3.8) is 0 Å². The number of nitrogens with zero attached hydrogens (tertiary/aromatic N) is 1. The molecule has 28 heavy (non-hydrogen) atoms. The Kier molecular flexibility index (Phi) is 6.65. The molecular formula is C22H28FN3O2. The molecule has 1 amide bonds. The van der Waals surface area contributed by atoms with E-state index < -0.39 is 0 Å². The molecule has 2 atom stereocenters. The Morgan fingerprint density at radius 3 is 2.82 bits per heavy atom. The average Bonchev–Trinajstić information content (AvgIpc) is 3.16. The van der Waals surface area contributed by atoms with E-state index in [-0.39, 0.29) is 17.8 Å². The lowest BCUT2D eigenvalue weighted by molar-refractivity contribution is 0.0791. The number of benzene rings is 2. The van der Waals surface area contributed by atoms with Gasteiger partial charge >= 0.3 is 0 Å².